The zero-order valence-electron chi connectivity index (χ0n) is 38.0. The maximum Gasteiger partial charge on any atom is 0.296 e. The van der Waals surface area contributed by atoms with Crippen molar-refractivity contribution in [3.8, 4) is 11.5 Å². The van der Waals surface area contributed by atoms with Gasteiger partial charge in [-0.3, -0.25) is 27.3 Å². The number of azo groups is 2. The van der Waals surface area contributed by atoms with E-state index in [0.717, 1.165) is 72.8 Å². The van der Waals surface area contributed by atoms with Crippen LogP contribution in [0.2, 0.25) is 0 Å². The number of nitrogen functional groups attached to an aromatic ring is 2. The van der Waals surface area contributed by atoms with E-state index in [9.17, 15) is 88.0 Å². The van der Waals surface area contributed by atoms with Crippen molar-refractivity contribution in [1.82, 2.24) is 0 Å². The van der Waals surface area contributed by atoms with Crippen LogP contribution >= 0.6 is 0 Å². The monoisotopic (exact) mass is 1170 g/mol. The van der Waals surface area contributed by atoms with Crippen molar-refractivity contribution in [3.63, 3.8) is 0 Å². The Kier molecular flexibility index (Phi) is 26.2. The van der Waals surface area contributed by atoms with Crippen molar-refractivity contribution in [2.24, 2.45) is 20.5 Å². The number of hydrogen-bond donors (Lipinski definition) is 10. The molecule has 38 heteroatoms. The van der Waals surface area contributed by atoms with Gasteiger partial charge < -0.3 is 21.7 Å². The first kappa shape index (κ1) is 71.4. The zero-order chi connectivity index (χ0) is 49.3. The molecule has 12 N–H and O–H groups in total. The average Bonchev–Trinajstić information content (AvgIpc) is 3.17. The third kappa shape index (κ3) is 16.0. The topological polar surface area (TPSA) is 468 Å². The van der Waals surface area contributed by atoms with E-state index < -0.39 is 146 Å². The van der Waals surface area contributed by atoms with Crippen LogP contribution in [-0.2, 0) is 60.7 Å². The van der Waals surface area contributed by atoms with Crippen molar-refractivity contribution in [2.75, 3.05) is 11.5 Å². The molecule has 354 valence electrons. The van der Waals surface area contributed by atoms with Gasteiger partial charge in [-0.2, -0.15) is 60.7 Å². The molecule has 0 fully saturated rings. The molecule has 0 bridgehead atoms. The van der Waals surface area contributed by atoms with Crippen molar-refractivity contribution >= 4 is 306 Å². The van der Waals surface area contributed by atoms with E-state index in [2.05, 4.69) is 20.5 Å². The summed E-state index contributed by atoms with van der Waals surface area (Å²) in [7, 11) is -31.1. The predicted molar refractivity (Wildman–Crippen MR) is 264 cm³/mol. The number of aromatic hydroxyl groups is 2. The van der Waals surface area contributed by atoms with Crippen LogP contribution in [0.4, 0.5) is 34.1 Å². The molecule has 26 nitrogen and oxygen atoms in total. The Morgan fingerprint density at radius 1 is 0.361 bits per heavy atom. The third-order valence-electron chi connectivity index (χ3n) is 9.09. The smallest absolute Gasteiger partial charge is 0.296 e. The van der Waals surface area contributed by atoms with E-state index in [1.165, 1.54) is 0 Å². The standard InChI is InChI=1S/C34H26N6O20S6.6Na/c35-31-27(65(55,56)57)13-25(63(49,50)51)19-7-9-21(33(41)29(19)31)39-37-17-5-3-15(23(11-17)61(43,44)45)1-2-16-4-6-18(12-24(16)62(46,47)48)38-40-22-10-8-20-26(64(52,53)54)14-28(66(58,59)60)32(36)30(20)34(22)42;;;;;;/h1-14,41-42H,35-36H2,(H,43,44,45)(H,46,47,48)(H,49,50,51)(H,52,53,54)(H,55,56,57)(H,58,59,60);;;;;;. The van der Waals surface area contributed by atoms with Crippen LogP contribution in [0, 0.1) is 0 Å². The summed E-state index contributed by atoms with van der Waals surface area (Å²) in [6, 6.07) is 10.3. The molecular formula is C34H26N6Na6O20S6. The molecule has 0 aliphatic carbocycles. The molecule has 0 aliphatic heterocycles. The van der Waals surface area contributed by atoms with E-state index in [-0.39, 0.29) is 200 Å². The summed E-state index contributed by atoms with van der Waals surface area (Å²) < 4.78 is 204. The second kappa shape index (κ2) is 26.4. The number of rotatable bonds is 12. The number of phenols is 2. The van der Waals surface area contributed by atoms with E-state index in [0.29, 0.717) is 12.1 Å². The minimum atomic E-state index is -5.23. The summed E-state index contributed by atoms with van der Waals surface area (Å²) in [5.41, 5.74) is 7.52. The Hall–Kier alpha value is -0.560. The normalized spacial score (nSPS) is 12.4. The van der Waals surface area contributed by atoms with Gasteiger partial charge in [0.1, 0.15) is 40.7 Å². The summed E-state index contributed by atoms with van der Waals surface area (Å²) >= 11 is 0. The van der Waals surface area contributed by atoms with Gasteiger partial charge in [-0.25, -0.2) is 0 Å². The molecule has 0 saturated carbocycles. The number of nitrogens with two attached hydrogens (primary N) is 2. The first-order chi connectivity index (χ1) is 30.2. The Morgan fingerprint density at radius 2 is 0.639 bits per heavy atom. The predicted octanol–water partition coefficient (Wildman–Crippen LogP) is 2.77. The van der Waals surface area contributed by atoms with Crippen molar-refractivity contribution in [2.45, 2.75) is 29.4 Å². The second-order valence-electron chi connectivity index (χ2n) is 13.3. The second-order valence-corrected chi connectivity index (χ2v) is 21.7. The molecule has 0 atom stereocenters. The maximum atomic E-state index is 12.4. The zero-order valence-corrected chi connectivity index (χ0v) is 54.9. The molecule has 0 aromatic heterocycles. The fourth-order valence-corrected chi connectivity index (χ4v) is 10.5. The number of fused-ring (bicyclic) bond motifs is 2. The van der Waals surface area contributed by atoms with Gasteiger partial charge in [0.05, 0.1) is 33.5 Å². The molecule has 0 unspecified atom stereocenters. The molecule has 0 saturated heterocycles. The molecule has 0 amide bonds. The van der Waals surface area contributed by atoms with E-state index >= 15 is 0 Å². The van der Waals surface area contributed by atoms with Crippen LogP contribution in [0.1, 0.15) is 11.1 Å². The van der Waals surface area contributed by atoms with Gasteiger partial charge in [0.2, 0.25) is 0 Å². The molecule has 0 heterocycles. The summed E-state index contributed by atoms with van der Waals surface area (Å²) in [4.78, 5) is -6.26. The van der Waals surface area contributed by atoms with Gasteiger partial charge in [-0.05, 0) is 59.7 Å². The average molecular weight is 1170 g/mol. The SMILES string of the molecule is Nc1c(S(=O)(=O)O)cc(S(=O)(=O)O)c2ccc(N=Nc3ccc(C=Cc4ccc(N=Nc5ccc6c(S(=O)(=O)O)cc(S(=O)(=O)O)c(N)c6c5O)cc4S(=O)(=O)O)c(S(=O)(=O)O)c3)c(O)c12.[Na].[Na].[Na].[Na].[Na].[Na]. The largest absolute Gasteiger partial charge is 0.505 e. The van der Waals surface area contributed by atoms with E-state index in [1.54, 1.807) is 0 Å². The van der Waals surface area contributed by atoms with Crippen molar-refractivity contribution in [3.05, 3.63) is 83.9 Å². The summed E-state index contributed by atoms with van der Waals surface area (Å²) in [6.07, 6.45) is 1.96. The molecule has 6 radical (unpaired) electrons. The maximum absolute atomic E-state index is 12.4. The van der Waals surface area contributed by atoms with E-state index in [1.807, 2.05) is 0 Å². The van der Waals surface area contributed by atoms with Crippen molar-refractivity contribution in [1.29, 1.82) is 0 Å². The van der Waals surface area contributed by atoms with Crippen LogP contribution in [-0.4, -0.2) is 265 Å². The Morgan fingerprint density at radius 3 is 0.903 bits per heavy atom. The Balaban J connectivity index is 0.00000840. The molecule has 72 heavy (non-hydrogen) atoms. The number of hydrogen-bond acceptors (Lipinski definition) is 20. The molecule has 0 aliphatic rings. The van der Waals surface area contributed by atoms with Crippen LogP contribution in [0.5, 0.6) is 11.5 Å². The van der Waals surface area contributed by atoms with Crippen LogP contribution in [0.15, 0.2) is 123 Å². The summed E-state index contributed by atoms with van der Waals surface area (Å²) in [5.74, 6) is -2.02. The summed E-state index contributed by atoms with van der Waals surface area (Å²) in [6.45, 7) is 0. The fraction of sp³-hybridized carbons (Fsp3) is 0. The Bertz CT molecular complexity index is 3690. The first-order valence-electron chi connectivity index (χ1n) is 17.0. The van der Waals surface area contributed by atoms with Gasteiger partial charge in [0.15, 0.2) is 11.5 Å². The van der Waals surface area contributed by atoms with Crippen molar-refractivity contribution < 1.29 is 88.0 Å². The van der Waals surface area contributed by atoms with Gasteiger partial charge in [0, 0.05) is 188 Å². The van der Waals surface area contributed by atoms with Crippen LogP contribution in [0.3, 0.4) is 0 Å². The molecular weight excluding hydrogens is 1140 g/mol. The fourth-order valence-electron chi connectivity index (χ4n) is 6.22. The van der Waals surface area contributed by atoms with E-state index in [4.69, 9.17) is 11.5 Å². The molecule has 0 spiro atoms. The number of phenolic OH excluding ortho intramolecular Hbond substituents is 2. The third-order valence-corrected chi connectivity index (χ3v) is 14.5. The Labute approximate surface area is 541 Å². The number of nitrogens with zero attached hydrogens (tertiary/aromatic N) is 4. The van der Waals surface area contributed by atoms with Crippen LogP contribution in [0.25, 0.3) is 33.7 Å². The number of anilines is 2. The quantitative estimate of drug-likeness (QED) is 0.0277. The van der Waals surface area contributed by atoms with Gasteiger partial charge in [-0.15, -0.1) is 10.2 Å². The first-order valence-corrected chi connectivity index (χ1v) is 25.6. The number of benzene rings is 6. The van der Waals surface area contributed by atoms with Gasteiger partial charge in [-0.1, -0.05) is 36.4 Å². The molecule has 6 aromatic carbocycles. The minimum absolute atomic E-state index is 0. The van der Waals surface area contributed by atoms with Gasteiger partial charge in [0.25, 0.3) is 60.7 Å². The molecule has 6 rings (SSSR count). The van der Waals surface area contributed by atoms with Crippen LogP contribution < -0.4 is 11.5 Å². The summed E-state index contributed by atoms with van der Waals surface area (Å²) in [5, 5.41) is 34.4. The minimum Gasteiger partial charge on any atom is -0.505 e. The van der Waals surface area contributed by atoms with Gasteiger partial charge >= 0.3 is 0 Å². The molecule has 6 aromatic rings.